The Morgan fingerprint density at radius 2 is 2.05 bits per heavy atom. The molecule has 0 saturated heterocycles. The van der Waals surface area contributed by atoms with Gasteiger partial charge in [0.2, 0.25) is 0 Å². The summed E-state index contributed by atoms with van der Waals surface area (Å²) in [5.41, 5.74) is 6.64. The van der Waals surface area contributed by atoms with E-state index in [4.69, 9.17) is 10.5 Å². The lowest BCUT2D eigenvalue weighted by molar-refractivity contribution is -0.144. The first-order chi connectivity index (χ1) is 9.36. The monoisotopic (exact) mass is 342 g/mol. The van der Waals surface area contributed by atoms with E-state index in [0.29, 0.717) is 22.3 Å². The second kappa shape index (κ2) is 7.28. The number of nitrogens with zero attached hydrogens (tertiary/aromatic N) is 1. The fourth-order valence-corrected chi connectivity index (χ4v) is 2.11. The van der Waals surface area contributed by atoms with Crippen molar-refractivity contribution in [2.75, 3.05) is 18.9 Å². The van der Waals surface area contributed by atoms with Crippen LogP contribution in [-0.2, 0) is 9.53 Å². The molecule has 0 aliphatic heterocycles. The van der Waals surface area contributed by atoms with E-state index in [2.05, 4.69) is 15.9 Å². The van der Waals surface area contributed by atoms with Gasteiger partial charge in [-0.15, -0.1) is 0 Å². The molecule has 1 aromatic rings. The molecule has 1 rings (SSSR count). The van der Waals surface area contributed by atoms with Gasteiger partial charge in [-0.25, -0.2) is 0 Å². The second-order valence-electron chi connectivity index (χ2n) is 4.57. The molecule has 0 radical (unpaired) electrons. The molecule has 1 amide bonds. The highest BCUT2D eigenvalue weighted by Gasteiger charge is 2.23. The molecule has 0 aliphatic carbocycles. The van der Waals surface area contributed by atoms with E-state index >= 15 is 0 Å². The number of ether oxygens (including phenoxy) is 1. The SMILES string of the molecule is CCOC(=O)CN(C(=O)c1cc(N)ccc1Br)C(C)C. The van der Waals surface area contributed by atoms with Gasteiger partial charge < -0.3 is 15.4 Å². The predicted octanol–water partition coefficient (Wildman–Crippen LogP) is 2.45. The number of carbonyl (C=O) groups is 2. The molecule has 0 aliphatic rings. The Kier molecular flexibility index (Phi) is 6.01. The van der Waals surface area contributed by atoms with Gasteiger partial charge in [0.05, 0.1) is 12.2 Å². The summed E-state index contributed by atoms with van der Waals surface area (Å²) in [6.07, 6.45) is 0. The van der Waals surface area contributed by atoms with Gasteiger partial charge in [-0.05, 0) is 54.9 Å². The summed E-state index contributed by atoms with van der Waals surface area (Å²) in [7, 11) is 0. The number of esters is 1. The molecular formula is C14H19BrN2O3. The summed E-state index contributed by atoms with van der Waals surface area (Å²) in [6.45, 7) is 5.63. The van der Waals surface area contributed by atoms with Crippen LogP contribution in [0.2, 0.25) is 0 Å². The minimum atomic E-state index is -0.422. The third-order valence-electron chi connectivity index (χ3n) is 2.71. The molecule has 2 N–H and O–H groups in total. The van der Waals surface area contributed by atoms with Crippen molar-refractivity contribution in [1.29, 1.82) is 0 Å². The summed E-state index contributed by atoms with van der Waals surface area (Å²) in [6, 6.07) is 4.88. The summed E-state index contributed by atoms with van der Waals surface area (Å²) >= 11 is 3.33. The zero-order valence-corrected chi connectivity index (χ0v) is 13.4. The third kappa shape index (κ3) is 4.23. The van der Waals surface area contributed by atoms with Crippen LogP contribution in [0.15, 0.2) is 22.7 Å². The fraction of sp³-hybridized carbons (Fsp3) is 0.429. The van der Waals surface area contributed by atoms with Crippen molar-refractivity contribution in [2.24, 2.45) is 0 Å². The van der Waals surface area contributed by atoms with Crippen LogP contribution >= 0.6 is 15.9 Å². The zero-order chi connectivity index (χ0) is 15.3. The Morgan fingerprint density at radius 1 is 1.40 bits per heavy atom. The lowest BCUT2D eigenvalue weighted by Gasteiger charge is -2.26. The Hall–Kier alpha value is -1.56. The maximum Gasteiger partial charge on any atom is 0.325 e. The lowest BCUT2D eigenvalue weighted by Crippen LogP contribution is -2.41. The molecule has 20 heavy (non-hydrogen) atoms. The first-order valence-electron chi connectivity index (χ1n) is 6.38. The van der Waals surface area contributed by atoms with Crippen molar-refractivity contribution < 1.29 is 14.3 Å². The van der Waals surface area contributed by atoms with Crippen molar-refractivity contribution in [3.05, 3.63) is 28.2 Å². The van der Waals surface area contributed by atoms with Crippen LogP contribution in [-0.4, -0.2) is 36.0 Å². The van der Waals surface area contributed by atoms with Crippen LogP contribution in [0, 0.1) is 0 Å². The predicted molar refractivity (Wildman–Crippen MR) is 81.4 cm³/mol. The van der Waals surface area contributed by atoms with E-state index in [1.165, 1.54) is 4.90 Å². The number of anilines is 1. The first kappa shape index (κ1) is 16.5. The summed E-state index contributed by atoms with van der Waals surface area (Å²) in [4.78, 5) is 25.6. The maximum atomic E-state index is 12.5. The van der Waals surface area contributed by atoms with Gasteiger partial charge in [-0.2, -0.15) is 0 Å². The standard InChI is InChI=1S/C14H19BrN2O3/c1-4-20-13(18)8-17(9(2)3)14(19)11-7-10(16)5-6-12(11)15/h5-7,9H,4,8,16H2,1-3H3. The number of nitrogen functional groups attached to an aromatic ring is 1. The molecule has 0 bridgehead atoms. The molecule has 6 heteroatoms. The van der Waals surface area contributed by atoms with Crippen LogP contribution in [0.1, 0.15) is 31.1 Å². The quantitative estimate of drug-likeness (QED) is 0.658. The van der Waals surface area contributed by atoms with Gasteiger partial charge in [0.1, 0.15) is 6.54 Å². The average Bonchev–Trinajstić information content (AvgIpc) is 2.38. The Balaban J connectivity index is 2.99. The van der Waals surface area contributed by atoms with Crippen LogP contribution in [0.25, 0.3) is 0 Å². The first-order valence-corrected chi connectivity index (χ1v) is 7.17. The summed E-state index contributed by atoms with van der Waals surface area (Å²) < 4.78 is 5.54. The molecule has 0 spiro atoms. The molecule has 0 atom stereocenters. The van der Waals surface area contributed by atoms with Crippen molar-refractivity contribution in [2.45, 2.75) is 26.8 Å². The zero-order valence-electron chi connectivity index (χ0n) is 11.9. The van der Waals surface area contributed by atoms with Gasteiger partial charge in [-0.1, -0.05) is 0 Å². The minimum absolute atomic E-state index is 0.0778. The molecular weight excluding hydrogens is 324 g/mol. The van der Waals surface area contributed by atoms with Crippen molar-refractivity contribution >= 4 is 33.5 Å². The van der Waals surface area contributed by atoms with Crippen LogP contribution in [0.4, 0.5) is 5.69 Å². The van der Waals surface area contributed by atoms with Gasteiger partial charge in [0, 0.05) is 16.2 Å². The summed E-state index contributed by atoms with van der Waals surface area (Å²) in [5.74, 6) is -0.679. The highest BCUT2D eigenvalue weighted by atomic mass is 79.9. The number of rotatable bonds is 5. The van der Waals surface area contributed by atoms with Gasteiger partial charge >= 0.3 is 5.97 Å². The molecule has 0 heterocycles. The Labute approximate surface area is 127 Å². The van der Waals surface area contributed by atoms with Crippen LogP contribution < -0.4 is 5.73 Å². The van der Waals surface area contributed by atoms with E-state index < -0.39 is 5.97 Å². The number of hydrogen-bond acceptors (Lipinski definition) is 4. The topological polar surface area (TPSA) is 72.6 Å². The third-order valence-corrected chi connectivity index (χ3v) is 3.40. The molecule has 0 aromatic heterocycles. The number of benzene rings is 1. The number of carbonyl (C=O) groups excluding carboxylic acids is 2. The highest BCUT2D eigenvalue weighted by molar-refractivity contribution is 9.10. The van der Waals surface area contributed by atoms with E-state index in [0.717, 1.165) is 0 Å². The van der Waals surface area contributed by atoms with Gasteiger partial charge in [0.25, 0.3) is 5.91 Å². The smallest absolute Gasteiger partial charge is 0.325 e. The van der Waals surface area contributed by atoms with Crippen molar-refractivity contribution in [1.82, 2.24) is 4.90 Å². The minimum Gasteiger partial charge on any atom is -0.465 e. The average molecular weight is 343 g/mol. The van der Waals surface area contributed by atoms with Crippen molar-refractivity contribution in [3.63, 3.8) is 0 Å². The van der Waals surface area contributed by atoms with Crippen molar-refractivity contribution in [3.8, 4) is 0 Å². The molecule has 5 nitrogen and oxygen atoms in total. The largest absolute Gasteiger partial charge is 0.465 e. The Morgan fingerprint density at radius 3 is 2.60 bits per heavy atom. The molecule has 0 fully saturated rings. The van der Waals surface area contributed by atoms with E-state index in [1.54, 1.807) is 25.1 Å². The summed E-state index contributed by atoms with van der Waals surface area (Å²) in [5, 5.41) is 0. The number of hydrogen-bond donors (Lipinski definition) is 1. The lowest BCUT2D eigenvalue weighted by atomic mass is 10.1. The number of halogens is 1. The van der Waals surface area contributed by atoms with Gasteiger partial charge in [-0.3, -0.25) is 9.59 Å². The fourth-order valence-electron chi connectivity index (χ4n) is 1.70. The van der Waals surface area contributed by atoms with E-state index in [9.17, 15) is 9.59 Å². The highest BCUT2D eigenvalue weighted by Crippen LogP contribution is 2.22. The molecule has 110 valence electrons. The van der Waals surface area contributed by atoms with Crippen LogP contribution in [0.3, 0.4) is 0 Å². The number of nitrogens with two attached hydrogens (primary N) is 1. The molecule has 0 unspecified atom stereocenters. The van der Waals surface area contributed by atoms with Crippen LogP contribution in [0.5, 0.6) is 0 Å². The van der Waals surface area contributed by atoms with E-state index in [-0.39, 0.29) is 18.5 Å². The van der Waals surface area contributed by atoms with Gasteiger partial charge in [0.15, 0.2) is 0 Å². The maximum absolute atomic E-state index is 12.5. The number of amides is 1. The normalized spacial score (nSPS) is 10.4. The molecule has 1 aromatic carbocycles. The molecule has 0 saturated carbocycles. The van der Waals surface area contributed by atoms with E-state index in [1.807, 2.05) is 13.8 Å². The second-order valence-corrected chi connectivity index (χ2v) is 5.43. The Bertz CT molecular complexity index is 503.